The summed E-state index contributed by atoms with van der Waals surface area (Å²) in [5.74, 6) is -0.757. The van der Waals surface area contributed by atoms with Crippen molar-refractivity contribution in [2.24, 2.45) is 0 Å². The van der Waals surface area contributed by atoms with E-state index in [4.69, 9.17) is 17.3 Å². The summed E-state index contributed by atoms with van der Waals surface area (Å²) in [5, 5.41) is 0.180. The molecule has 8 heteroatoms. The van der Waals surface area contributed by atoms with E-state index in [-0.39, 0.29) is 15.6 Å². The average molecular weight is 380 g/mol. The first-order valence-electron chi connectivity index (χ1n) is 5.32. The predicted molar refractivity (Wildman–Crippen MR) is 80.8 cm³/mol. The van der Waals surface area contributed by atoms with Gasteiger partial charge < -0.3 is 5.73 Å². The second kappa shape index (κ2) is 5.59. The Labute approximate surface area is 128 Å². The van der Waals surface area contributed by atoms with E-state index in [2.05, 4.69) is 20.7 Å². The van der Waals surface area contributed by atoms with Crippen molar-refractivity contribution in [3.8, 4) is 0 Å². The summed E-state index contributed by atoms with van der Waals surface area (Å²) in [6.07, 6.45) is 0. The molecule has 0 radical (unpaired) electrons. The minimum absolute atomic E-state index is 0.0407. The van der Waals surface area contributed by atoms with Crippen LogP contribution in [-0.2, 0) is 10.0 Å². The van der Waals surface area contributed by atoms with Gasteiger partial charge in [0.15, 0.2) is 0 Å². The number of rotatable bonds is 3. The van der Waals surface area contributed by atoms with Crippen molar-refractivity contribution in [1.82, 2.24) is 0 Å². The minimum atomic E-state index is -3.93. The number of anilines is 2. The summed E-state index contributed by atoms with van der Waals surface area (Å²) >= 11 is 8.72. The van der Waals surface area contributed by atoms with Crippen molar-refractivity contribution in [3.05, 3.63) is 51.7 Å². The van der Waals surface area contributed by atoms with Crippen LogP contribution in [0.15, 0.2) is 45.8 Å². The van der Waals surface area contributed by atoms with Crippen LogP contribution < -0.4 is 10.5 Å². The molecule has 20 heavy (non-hydrogen) atoms. The van der Waals surface area contributed by atoms with E-state index >= 15 is 0 Å². The molecule has 0 aromatic heterocycles. The lowest BCUT2D eigenvalue weighted by atomic mass is 10.3. The largest absolute Gasteiger partial charge is 0.399 e. The lowest BCUT2D eigenvalue weighted by Crippen LogP contribution is -2.14. The van der Waals surface area contributed by atoms with Gasteiger partial charge in [0.2, 0.25) is 0 Å². The highest BCUT2D eigenvalue weighted by Crippen LogP contribution is 2.27. The number of benzene rings is 2. The van der Waals surface area contributed by atoms with Crippen LogP contribution in [0.5, 0.6) is 0 Å². The number of nitrogens with one attached hydrogen (secondary N) is 1. The molecule has 0 spiro atoms. The molecule has 0 atom stereocenters. The highest BCUT2D eigenvalue weighted by molar-refractivity contribution is 9.10. The Kier molecular flexibility index (Phi) is 4.22. The van der Waals surface area contributed by atoms with Crippen LogP contribution in [-0.4, -0.2) is 8.42 Å². The number of hydrogen-bond donors (Lipinski definition) is 2. The van der Waals surface area contributed by atoms with Gasteiger partial charge in [-0.25, -0.2) is 12.8 Å². The van der Waals surface area contributed by atoms with Gasteiger partial charge in [-0.2, -0.15) is 0 Å². The highest BCUT2D eigenvalue weighted by Gasteiger charge is 2.19. The van der Waals surface area contributed by atoms with Crippen LogP contribution in [0.2, 0.25) is 5.02 Å². The summed E-state index contributed by atoms with van der Waals surface area (Å²) < 4.78 is 40.4. The zero-order valence-electron chi connectivity index (χ0n) is 9.90. The fourth-order valence-corrected chi connectivity index (χ4v) is 3.83. The van der Waals surface area contributed by atoms with Crippen molar-refractivity contribution < 1.29 is 12.8 Å². The Balaban J connectivity index is 2.41. The van der Waals surface area contributed by atoms with Crippen molar-refractivity contribution in [2.75, 3.05) is 10.5 Å². The van der Waals surface area contributed by atoms with E-state index in [1.165, 1.54) is 30.3 Å². The van der Waals surface area contributed by atoms with Crippen LogP contribution in [0, 0.1) is 5.82 Å². The molecule has 0 aliphatic heterocycles. The van der Waals surface area contributed by atoms with Crippen LogP contribution in [0.25, 0.3) is 0 Å². The van der Waals surface area contributed by atoms with Gasteiger partial charge >= 0.3 is 0 Å². The van der Waals surface area contributed by atoms with Crippen molar-refractivity contribution >= 4 is 48.9 Å². The number of nitrogen functional groups attached to an aromatic ring is 1. The van der Waals surface area contributed by atoms with Gasteiger partial charge in [-0.05, 0) is 52.3 Å². The van der Waals surface area contributed by atoms with Crippen LogP contribution >= 0.6 is 27.5 Å². The lowest BCUT2D eigenvalue weighted by Gasteiger charge is -2.11. The molecule has 0 unspecified atom stereocenters. The summed E-state index contributed by atoms with van der Waals surface area (Å²) in [7, 11) is -3.93. The molecule has 2 aromatic carbocycles. The number of nitrogens with two attached hydrogens (primary N) is 1. The van der Waals surface area contributed by atoms with E-state index in [9.17, 15) is 12.8 Å². The molecular weight excluding hydrogens is 371 g/mol. The van der Waals surface area contributed by atoms with Gasteiger partial charge in [0, 0.05) is 15.2 Å². The molecule has 0 saturated heterocycles. The predicted octanol–water partition coefficient (Wildman–Crippen LogP) is 3.62. The lowest BCUT2D eigenvalue weighted by molar-refractivity contribution is 0.598. The summed E-state index contributed by atoms with van der Waals surface area (Å²) in [6.45, 7) is 0. The molecule has 0 aliphatic rings. The Bertz CT molecular complexity index is 768. The molecule has 2 rings (SSSR count). The topological polar surface area (TPSA) is 72.2 Å². The van der Waals surface area contributed by atoms with Crippen LogP contribution in [0.3, 0.4) is 0 Å². The Morgan fingerprint density at radius 1 is 1.20 bits per heavy atom. The summed E-state index contributed by atoms with van der Waals surface area (Å²) in [6, 6.07) is 7.89. The molecule has 0 bridgehead atoms. The monoisotopic (exact) mass is 378 g/mol. The third-order valence-corrected chi connectivity index (χ3v) is 5.00. The molecule has 3 N–H and O–H groups in total. The SMILES string of the molecule is Nc1ccc(S(=O)(=O)Nc2ccc(Cl)cc2F)c(Br)c1. The van der Waals surface area contributed by atoms with Gasteiger partial charge in [0.1, 0.15) is 10.7 Å². The number of hydrogen-bond acceptors (Lipinski definition) is 3. The standard InChI is InChI=1S/C12H9BrClFN2O2S/c13-9-6-8(16)2-4-12(9)20(18,19)17-11-3-1-7(14)5-10(11)15/h1-6,17H,16H2. The van der Waals surface area contributed by atoms with E-state index in [0.717, 1.165) is 6.07 Å². The first-order valence-corrected chi connectivity index (χ1v) is 7.98. The normalized spacial score (nSPS) is 11.3. The maximum absolute atomic E-state index is 13.6. The second-order valence-corrected chi connectivity index (χ2v) is 6.86. The van der Waals surface area contributed by atoms with Gasteiger partial charge in [-0.3, -0.25) is 4.72 Å². The minimum Gasteiger partial charge on any atom is -0.399 e. The first-order chi connectivity index (χ1) is 9.29. The third kappa shape index (κ3) is 3.23. The van der Waals surface area contributed by atoms with Crippen molar-refractivity contribution in [3.63, 3.8) is 0 Å². The molecule has 0 aliphatic carbocycles. The summed E-state index contributed by atoms with van der Waals surface area (Å²) in [5.41, 5.74) is 5.77. The molecule has 2 aromatic rings. The fraction of sp³-hybridized carbons (Fsp3) is 0. The average Bonchev–Trinajstić information content (AvgIpc) is 2.32. The fourth-order valence-electron chi connectivity index (χ4n) is 1.51. The summed E-state index contributed by atoms with van der Waals surface area (Å²) in [4.78, 5) is -0.0407. The molecular formula is C12H9BrClFN2O2S. The third-order valence-electron chi connectivity index (χ3n) is 2.42. The van der Waals surface area contributed by atoms with E-state index < -0.39 is 15.8 Å². The van der Waals surface area contributed by atoms with Crippen LogP contribution in [0.4, 0.5) is 15.8 Å². The van der Waals surface area contributed by atoms with Gasteiger partial charge in [0.05, 0.1) is 5.69 Å². The van der Waals surface area contributed by atoms with Crippen molar-refractivity contribution in [2.45, 2.75) is 4.90 Å². The van der Waals surface area contributed by atoms with E-state index in [0.29, 0.717) is 10.2 Å². The highest BCUT2D eigenvalue weighted by atomic mass is 79.9. The van der Waals surface area contributed by atoms with Gasteiger partial charge in [-0.15, -0.1) is 0 Å². The number of halogens is 3. The Hall–Kier alpha value is -1.31. The van der Waals surface area contributed by atoms with E-state index in [1.807, 2.05) is 0 Å². The number of sulfonamides is 1. The van der Waals surface area contributed by atoms with E-state index in [1.54, 1.807) is 0 Å². The van der Waals surface area contributed by atoms with Crippen LogP contribution in [0.1, 0.15) is 0 Å². The van der Waals surface area contributed by atoms with Crippen molar-refractivity contribution in [1.29, 1.82) is 0 Å². The molecule has 0 fully saturated rings. The maximum atomic E-state index is 13.6. The first kappa shape index (κ1) is 15.1. The Morgan fingerprint density at radius 3 is 2.50 bits per heavy atom. The molecule has 0 amide bonds. The zero-order valence-corrected chi connectivity index (χ0v) is 13.1. The molecule has 0 heterocycles. The Morgan fingerprint density at radius 2 is 1.90 bits per heavy atom. The zero-order chi connectivity index (χ0) is 14.9. The quantitative estimate of drug-likeness (QED) is 0.800. The second-order valence-electron chi connectivity index (χ2n) is 3.92. The van der Waals surface area contributed by atoms with Gasteiger partial charge in [-0.1, -0.05) is 11.6 Å². The molecule has 106 valence electrons. The maximum Gasteiger partial charge on any atom is 0.263 e. The van der Waals surface area contributed by atoms with Gasteiger partial charge in [0.25, 0.3) is 10.0 Å². The smallest absolute Gasteiger partial charge is 0.263 e. The molecule has 0 saturated carbocycles. The molecule has 4 nitrogen and oxygen atoms in total.